The van der Waals surface area contributed by atoms with Crippen LogP contribution in [0.2, 0.25) is 0 Å². The van der Waals surface area contributed by atoms with Gasteiger partial charge < -0.3 is 9.47 Å². The molecule has 0 aliphatic rings. The SMILES string of the molecule is COC(F)(F)C(F)(F)C(F)(F)F.COC(F)(F)C(F)(F)C(F)(F)F. The molecular formula is C8H6F14O2. The molecule has 0 radical (unpaired) electrons. The van der Waals surface area contributed by atoms with E-state index in [1.54, 1.807) is 0 Å². The molecule has 0 aliphatic carbocycles. The fourth-order valence-electron chi connectivity index (χ4n) is 0.586. The Labute approximate surface area is 123 Å². The van der Waals surface area contributed by atoms with E-state index in [1.807, 2.05) is 0 Å². The van der Waals surface area contributed by atoms with Crippen molar-refractivity contribution in [2.45, 2.75) is 36.4 Å². The van der Waals surface area contributed by atoms with Crippen molar-refractivity contribution in [1.82, 2.24) is 0 Å². The summed E-state index contributed by atoms with van der Waals surface area (Å²) in [6.07, 6.45) is -23.7. The Hall–Kier alpha value is -1.06. The first-order valence-electron chi connectivity index (χ1n) is 4.87. The molecule has 148 valence electrons. The first-order valence-corrected chi connectivity index (χ1v) is 4.87. The summed E-state index contributed by atoms with van der Waals surface area (Å²) >= 11 is 0. The Morgan fingerprint density at radius 1 is 0.417 bits per heavy atom. The molecule has 0 saturated carbocycles. The summed E-state index contributed by atoms with van der Waals surface area (Å²) < 4.78 is 166. The van der Waals surface area contributed by atoms with Crippen molar-refractivity contribution in [3.05, 3.63) is 0 Å². The molecular weight excluding hydrogens is 394 g/mol. The predicted octanol–water partition coefficient (Wildman–Crippen LogP) is 4.85. The second-order valence-electron chi connectivity index (χ2n) is 3.59. The molecule has 0 aromatic carbocycles. The minimum Gasteiger partial charge on any atom is -0.319 e. The molecule has 0 N–H and O–H groups in total. The summed E-state index contributed by atoms with van der Waals surface area (Å²) in [4.78, 5) is 0. The topological polar surface area (TPSA) is 18.5 Å². The van der Waals surface area contributed by atoms with Crippen LogP contribution in [-0.2, 0) is 9.47 Å². The molecule has 0 spiro atoms. The van der Waals surface area contributed by atoms with Gasteiger partial charge in [0.15, 0.2) is 0 Å². The van der Waals surface area contributed by atoms with Crippen LogP contribution in [0.5, 0.6) is 0 Å². The van der Waals surface area contributed by atoms with Crippen LogP contribution in [0.15, 0.2) is 0 Å². The lowest BCUT2D eigenvalue weighted by molar-refractivity contribution is -0.418. The van der Waals surface area contributed by atoms with E-state index in [9.17, 15) is 61.5 Å². The molecule has 0 aromatic rings. The standard InChI is InChI=1S/2C4H3F7O/c2*1-12-4(10,11)2(5,6)3(7,8)9/h2*1H3. The van der Waals surface area contributed by atoms with Crippen molar-refractivity contribution < 1.29 is 70.9 Å². The summed E-state index contributed by atoms with van der Waals surface area (Å²) in [6.45, 7) is 0. The van der Waals surface area contributed by atoms with Gasteiger partial charge in [-0.2, -0.15) is 61.5 Å². The van der Waals surface area contributed by atoms with E-state index in [0.717, 1.165) is 0 Å². The van der Waals surface area contributed by atoms with Gasteiger partial charge in [0.1, 0.15) is 0 Å². The molecule has 0 rings (SSSR count). The fourth-order valence-corrected chi connectivity index (χ4v) is 0.586. The van der Waals surface area contributed by atoms with E-state index in [-0.39, 0.29) is 14.2 Å². The van der Waals surface area contributed by atoms with E-state index in [2.05, 4.69) is 9.47 Å². The number of alkyl halides is 14. The molecule has 0 saturated heterocycles. The predicted molar refractivity (Wildman–Crippen MR) is 45.9 cm³/mol. The van der Waals surface area contributed by atoms with Crippen LogP contribution in [0.4, 0.5) is 61.5 Å². The van der Waals surface area contributed by atoms with Crippen LogP contribution < -0.4 is 0 Å². The second kappa shape index (κ2) is 7.05. The lowest BCUT2D eigenvalue weighted by Gasteiger charge is -2.26. The van der Waals surface area contributed by atoms with Crippen molar-refractivity contribution in [1.29, 1.82) is 0 Å². The maximum atomic E-state index is 11.7. The summed E-state index contributed by atoms with van der Waals surface area (Å²) in [5.41, 5.74) is 0. The van der Waals surface area contributed by atoms with Crippen molar-refractivity contribution in [3.8, 4) is 0 Å². The van der Waals surface area contributed by atoms with Gasteiger partial charge in [0.25, 0.3) is 0 Å². The maximum absolute atomic E-state index is 11.7. The highest BCUT2D eigenvalue weighted by Gasteiger charge is 2.75. The van der Waals surface area contributed by atoms with Gasteiger partial charge in [0.2, 0.25) is 0 Å². The number of rotatable bonds is 4. The van der Waals surface area contributed by atoms with Gasteiger partial charge in [-0.3, -0.25) is 0 Å². The third-order valence-corrected chi connectivity index (χ3v) is 1.96. The van der Waals surface area contributed by atoms with E-state index in [0.29, 0.717) is 0 Å². The molecule has 0 unspecified atom stereocenters. The third kappa shape index (κ3) is 4.97. The lowest BCUT2D eigenvalue weighted by atomic mass is 10.3. The summed E-state index contributed by atoms with van der Waals surface area (Å²) in [7, 11) is 0.110. The highest BCUT2D eigenvalue weighted by Crippen LogP contribution is 2.47. The van der Waals surface area contributed by atoms with E-state index in [4.69, 9.17) is 0 Å². The van der Waals surface area contributed by atoms with Gasteiger partial charge in [-0.1, -0.05) is 0 Å². The van der Waals surface area contributed by atoms with Crippen molar-refractivity contribution in [3.63, 3.8) is 0 Å². The Morgan fingerprint density at radius 2 is 0.583 bits per heavy atom. The summed E-state index contributed by atoms with van der Waals surface area (Å²) in [5, 5.41) is 0. The average molecular weight is 400 g/mol. The van der Waals surface area contributed by atoms with Crippen LogP contribution >= 0.6 is 0 Å². The number of hydrogen-bond acceptors (Lipinski definition) is 2. The van der Waals surface area contributed by atoms with Gasteiger partial charge >= 0.3 is 36.4 Å². The summed E-state index contributed by atoms with van der Waals surface area (Å²) in [5.74, 6) is -12.3. The number of methoxy groups -OCH3 is 2. The Morgan fingerprint density at radius 3 is 0.625 bits per heavy atom. The molecule has 24 heavy (non-hydrogen) atoms. The molecule has 2 nitrogen and oxygen atoms in total. The van der Waals surface area contributed by atoms with Gasteiger partial charge in [-0.25, -0.2) is 0 Å². The molecule has 0 atom stereocenters. The molecule has 0 bridgehead atoms. The summed E-state index contributed by atoms with van der Waals surface area (Å²) in [6, 6.07) is 0. The van der Waals surface area contributed by atoms with Crippen molar-refractivity contribution in [2.75, 3.05) is 14.2 Å². The van der Waals surface area contributed by atoms with Gasteiger partial charge in [-0.15, -0.1) is 0 Å². The fraction of sp³-hybridized carbons (Fsp3) is 1.00. The van der Waals surface area contributed by atoms with Crippen LogP contribution in [0.1, 0.15) is 0 Å². The Bertz CT molecular complexity index is 357. The average Bonchev–Trinajstić information content (AvgIpc) is 2.36. The van der Waals surface area contributed by atoms with Crippen molar-refractivity contribution in [2.24, 2.45) is 0 Å². The van der Waals surface area contributed by atoms with Gasteiger partial charge in [0.05, 0.1) is 0 Å². The Balaban J connectivity index is 0. The molecule has 0 heterocycles. The quantitative estimate of drug-likeness (QED) is 0.629. The van der Waals surface area contributed by atoms with Crippen molar-refractivity contribution >= 4 is 0 Å². The van der Waals surface area contributed by atoms with Crippen LogP contribution in [0, 0.1) is 0 Å². The zero-order valence-corrected chi connectivity index (χ0v) is 11.1. The molecule has 0 aliphatic heterocycles. The van der Waals surface area contributed by atoms with Gasteiger partial charge in [0, 0.05) is 14.2 Å². The minimum atomic E-state index is -6.33. The first kappa shape index (κ1) is 25.2. The van der Waals surface area contributed by atoms with Gasteiger partial charge in [-0.05, 0) is 0 Å². The number of ether oxygens (including phenoxy) is 2. The van der Waals surface area contributed by atoms with Crippen LogP contribution in [0.25, 0.3) is 0 Å². The van der Waals surface area contributed by atoms with Crippen LogP contribution in [-0.4, -0.2) is 50.6 Å². The number of halogens is 14. The zero-order chi connectivity index (χ0) is 20.4. The molecule has 0 fully saturated rings. The maximum Gasteiger partial charge on any atom is 0.462 e. The molecule has 0 aromatic heterocycles. The second-order valence-corrected chi connectivity index (χ2v) is 3.59. The van der Waals surface area contributed by atoms with E-state index in [1.165, 1.54) is 0 Å². The third-order valence-electron chi connectivity index (χ3n) is 1.96. The minimum absolute atomic E-state index is 0.0552. The van der Waals surface area contributed by atoms with Crippen LogP contribution in [0.3, 0.4) is 0 Å². The molecule has 0 amide bonds. The first-order chi connectivity index (χ1) is 10.1. The highest BCUT2D eigenvalue weighted by molar-refractivity contribution is 4.85. The largest absolute Gasteiger partial charge is 0.462 e. The lowest BCUT2D eigenvalue weighted by Crippen LogP contribution is -2.52. The van der Waals surface area contributed by atoms with E-state index >= 15 is 0 Å². The highest BCUT2D eigenvalue weighted by atomic mass is 19.4. The van der Waals surface area contributed by atoms with E-state index < -0.39 is 36.4 Å². The zero-order valence-electron chi connectivity index (χ0n) is 11.1. The normalized spacial score (nSPS) is 15.0. The number of hydrogen-bond donors (Lipinski definition) is 0. The smallest absolute Gasteiger partial charge is 0.319 e. The molecule has 16 heteroatoms. The Kier molecular flexibility index (Phi) is 7.40. The monoisotopic (exact) mass is 400 g/mol.